The highest BCUT2D eigenvalue weighted by Gasteiger charge is 2.67. The van der Waals surface area contributed by atoms with Gasteiger partial charge in [0, 0.05) is 11.6 Å². The minimum Gasteiger partial charge on any atom is -0.456 e. The molecular formula is C27H21ClN2O8. The molecule has 1 saturated heterocycles. The normalized spacial score (nSPS) is 28.1. The molecule has 0 N–H and O–H groups in total. The summed E-state index contributed by atoms with van der Waals surface area (Å²) in [5.41, 5.74) is -0.0977. The zero-order valence-electron chi connectivity index (χ0n) is 19.8. The Morgan fingerprint density at radius 2 is 1.63 bits per heavy atom. The molecule has 2 amide bonds. The molecule has 2 saturated carbocycles. The molecule has 0 unspecified atom stereocenters. The lowest BCUT2D eigenvalue weighted by molar-refractivity contribution is -0.385. The molecule has 194 valence electrons. The molecule has 6 atom stereocenters. The SMILES string of the molecule is O=C(CN1C(=O)[C@H]2[C@@H]3C=C[C@H]([C@@H]4C[C@H]34)[C@@H]2C1=O)OCC(=O)c1ccc(Oc2c(Cl)cccc2[N+](=O)[O-])cc1. The number of amides is 2. The van der Waals surface area contributed by atoms with Crippen molar-refractivity contribution in [3.05, 3.63) is 75.3 Å². The number of ether oxygens (including phenoxy) is 2. The number of hydrogen-bond donors (Lipinski definition) is 0. The molecule has 38 heavy (non-hydrogen) atoms. The summed E-state index contributed by atoms with van der Waals surface area (Å²) in [6, 6.07) is 9.84. The van der Waals surface area contributed by atoms with Crippen molar-refractivity contribution < 1.29 is 33.6 Å². The van der Waals surface area contributed by atoms with Crippen molar-refractivity contribution in [3.63, 3.8) is 0 Å². The first-order valence-electron chi connectivity index (χ1n) is 12.2. The first kappa shape index (κ1) is 24.3. The Morgan fingerprint density at radius 3 is 2.24 bits per heavy atom. The second-order valence-corrected chi connectivity index (χ2v) is 10.4. The van der Waals surface area contributed by atoms with E-state index in [2.05, 4.69) is 12.2 Å². The summed E-state index contributed by atoms with van der Waals surface area (Å²) < 4.78 is 10.6. The molecule has 2 bridgehead atoms. The molecule has 2 aromatic carbocycles. The number of ketones is 1. The molecule has 7 rings (SSSR count). The van der Waals surface area contributed by atoms with Crippen LogP contribution in [0.4, 0.5) is 5.69 Å². The molecule has 0 radical (unpaired) electrons. The van der Waals surface area contributed by atoms with Crippen LogP contribution in [-0.4, -0.2) is 46.5 Å². The monoisotopic (exact) mass is 536 g/mol. The Kier molecular flexibility index (Phi) is 5.79. The van der Waals surface area contributed by atoms with Gasteiger partial charge in [-0.2, -0.15) is 0 Å². The van der Waals surface area contributed by atoms with Gasteiger partial charge in [0.25, 0.3) is 0 Å². The number of Topliss-reactive ketones (excluding diaryl/α,β-unsaturated/α-hetero) is 1. The number of imide groups is 1. The fourth-order valence-electron chi connectivity index (χ4n) is 6.15. The summed E-state index contributed by atoms with van der Waals surface area (Å²) in [5, 5.41) is 11.3. The second kappa shape index (κ2) is 9.05. The first-order valence-corrected chi connectivity index (χ1v) is 12.6. The van der Waals surface area contributed by atoms with Crippen LogP contribution < -0.4 is 4.74 Å². The maximum Gasteiger partial charge on any atom is 0.326 e. The molecule has 1 heterocycles. The fraction of sp³-hybridized carbons (Fsp3) is 0.333. The predicted octanol–water partition coefficient (Wildman–Crippen LogP) is 3.82. The largest absolute Gasteiger partial charge is 0.456 e. The Hall–Kier alpha value is -4.05. The van der Waals surface area contributed by atoms with Gasteiger partial charge >= 0.3 is 11.7 Å². The molecular weight excluding hydrogens is 516 g/mol. The average Bonchev–Trinajstić information content (AvgIpc) is 3.69. The number of esters is 1. The van der Waals surface area contributed by atoms with E-state index in [0.29, 0.717) is 11.8 Å². The minimum absolute atomic E-state index is 0.0567. The van der Waals surface area contributed by atoms with Gasteiger partial charge in [0.05, 0.1) is 21.8 Å². The van der Waals surface area contributed by atoms with Gasteiger partial charge in [0.1, 0.15) is 12.3 Å². The van der Waals surface area contributed by atoms with Crippen LogP contribution in [0.3, 0.4) is 0 Å². The van der Waals surface area contributed by atoms with Gasteiger partial charge in [-0.05, 0) is 60.4 Å². The Morgan fingerprint density at radius 1 is 1.00 bits per heavy atom. The third-order valence-electron chi connectivity index (χ3n) is 7.94. The molecule has 10 nitrogen and oxygen atoms in total. The molecule has 4 aliphatic carbocycles. The number of hydrogen-bond acceptors (Lipinski definition) is 8. The van der Waals surface area contributed by atoms with Gasteiger partial charge in [-0.15, -0.1) is 0 Å². The van der Waals surface area contributed by atoms with Crippen LogP contribution in [0.25, 0.3) is 0 Å². The standard InChI is InChI=1S/C27H21ClN2O8/c28-19-2-1-3-20(30(35)36)25(19)38-14-6-4-13(5-7-14)21(31)12-37-22(32)11-29-26(33)23-15-8-9-16(18-10-17(15)18)24(23)27(29)34/h1-9,15-18,23-24H,10-12H2/t15-,16-,17-,18+,23+,24+/m1/s1. The van der Waals surface area contributed by atoms with E-state index in [-0.39, 0.29) is 51.4 Å². The Bertz CT molecular complexity index is 1380. The van der Waals surface area contributed by atoms with Gasteiger partial charge < -0.3 is 9.47 Å². The van der Waals surface area contributed by atoms with Crippen molar-refractivity contribution in [1.29, 1.82) is 0 Å². The molecule has 11 heteroatoms. The maximum atomic E-state index is 13.0. The van der Waals surface area contributed by atoms with E-state index in [1.165, 1.54) is 42.5 Å². The number of para-hydroxylation sites is 1. The summed E-state index contributed by atoms with van der Waals surface area (Å²) in [5.74, 6) is -1.68. The molecule has 1 aliphatic heterocycles. The van der Waals surface area contributed by atoms with Crippen molar-refractivity contribution in [1.82, 2.24) is 4.90 Å². The van der Waals surface area contributed by atoms with E-state index < -0.39 is 41.7 Å². The Labute approximate surface area is 221 Å². The van der Waals surface area contributed by atoms with Crippen molar-refractivity contribution in [2.24, 2.45) is 35.5 Å². The van der Waals surface area contributed by atoms with Crippen LogP contribution in [0.5, 0.6) is 11.5 Å². The smallest absolute Gasteiger partial charge is 0.326 e. The molecule has 0 spiro atoms. The molecule has 0 aromatic heterocycles. The van der Waals surface area contributed by atoms with Crippen LogP contribution in [0.2, 0.25) is 5.02 Å². The van der Waals surface area contributed by atoms with E-state index in [1.807, 2.05) is 0 Å². The minimum atomic E-state index is -0.838. The molecule has 2 aromatic rings. The van der Waals surface area contributed by atoms with Gasteiger partial charge in [-0.1, -0.05) is 29.8 Å². The van der Waals surface area contributed by atoms with E-state index in [1.54, 1.807) is 0 Å². The number of carbonyl (C=O) groups is 4. The lowest BCUT2D eigenvalue weighted by Gasteiger charge is -2.37. The quantitative estimate of drug-likeness (QED) is 0.124. The number of allylic oxidation sites excluding steroid dienone is 2. The van der Waals surface area contributed by atoms with E-state index in [4.69, 9.17) is 21.1 Å². The fourth-order valence-corrected chi connectivity index (χ4v) is 6.36. The van der Waals surface area contributed by atoms with Crippen LogP contribution in [0.1, 0.15) is 16.8 Å². The van der Waals surface area contributed by atoms with Crippen LogP contribution in [-0.2, 0) is 19.1 Å². The average molecular weight is 537 g/mol. The lowest BCUT2D eigenvalue weighted by Crippen LogP contribution is -2.40. The highest BCUT2D eigenvalue weighted by molar-refractivity contribution is 6.32. The summed E-state index contributed by atoms with van der Waals surface area (Å²) >= 11 is 6.04. The predicted molar refractivity (Wildman–Crippen MR) is 131 cm³/mol. The van der Waals surface area contributed by atoms with Crippen molar-refractivity contribution in [3.8, 4) is 11.5 Å². The third kappa shape index (κ3) is 3.96. The van der Waals surface area contributed by atoms with Gasteiger partial charge in [-0.25, -0.2) is 0 Å². The van der Waals surface area contributed by atoms with Crippen molar-refractivity contribution >= 4 is 40.9 Å². The topological polar surface area (TPSA) is 133 Å². The number of rotatable bonds is 8. The molecule has 5 aliphatic rings. The summed E-state index contributed by atoms with van der Waals surface area (Å²) in [6.45, 7) is -1.09. The number of nitro benzene ring substituents is 1. The number of nitrogens with zero attached hydrogens (tertiary/aromatic N) is 2. The van der Waals surface area contributed by atoms with E-state index in [0.717, 1.165) is 11.3 Å². The van der Waals surface area contributed by atoms with Crippen molar-refractivity contribution in [2.75, 3.05) is 13.2 Å². The number of likely N-dealkylation sites (tertiary alicyclic amines) is 1. The summed E-state index contributed by atoms with van der Waals surface area (Å²) in [4.78, 5) is 62.5. The van der Waals surface area contributed by atoms with Crippen LogP contribution >= 0.6 is 11.6 Å². The van der Waals surface area contributed by atoms with Crippen molar-refractivity contribution in [2.45, 2.75) is 6.42 Å². The number of carbonyl (C=O) groups excluding carboxylic acids is 4. The Balaban J connectivity index is 1.04. The zero-order valence-corrected chi connectivity index (χ0v) is 20.6. The summed E-state index contributed by atoms with van der Waals surface area (Å²) in [6.07, 6.45) is 5.16. The highest BCUT2D eigenvalue weighted by Crippen LogP contribution is 2.65. The molecule has 3 fully saturated rings. The zero-order chi connectivity index (χ0) is 26.7. The van der Waals surface area contributed by atoms with Gasteiger partial charge in [0.15, 0.2) is 12.4 Å². The van der Waals surface area contributed by atoms with E-state index >= 15 is 0 Å². The van der Waals surface area contributed by atoms with Gasteiger partial charge in [0.2, 0.25) is 17.6 Å². The third-order valence-corrected chi connectivity index (χ3v) is 8.24. The lowest BCUT2D eigenvalue weighted by atomic mass is 9.63. The summed E-state index contributed by atoms with van der Waals surface area (Å²) in [7, 11) is 0. The van der Waals surface area contributed by atoms with Crippen LogP contribution in [0.15, 0.2) is 54.6 Å². The first-order chi connectivity index (χ1) is 18.2. The maximum absolute atomic E-state index is 13.0. The number of nitro groups is 1. The highest BCUT2D eigenvalue weighted by atomic mass is 35.5. The van der Waals surface area contributed by atoms with E-state index in [9.17, 15) is 29.3 Å². The van der Waals surface area contributed by atoms with Crippen LogP contribution in [0, 0.1) is 45.6 Å². The van der Waals surface area contributed by atoms with Gasteiger partial charge in [-0.3, -0.25) is 34.2 Å². The number of halogens is 1. The number of benzene rings is 2. The second-order valence-electron chi connectivity index (χ2n) is 9.97.